The lowest BCUT2D eigenvalue weighted by Crippen LogP contribution is -2.15. The van der Waals surface area contributed by atoms with E-state index >= 15 is 0 Å². The predicted octanol–water partition coefficient (Wildman–Crippen LogP) is 6.13. The molecule has 7 nitrogen and oxygen atoms in total. The van der Waals surface area contributed by atoms with E-state index in [9.17, 15) is 17.7 Å². The molecule has 1 saturated carbocycles. The second-order valence-corrected chi connectivity index (χ2v) is 10.9. The summed E-state index contributed by atoms with van der Waals surface area (Å²) < 4.78 is 57.8. The molecule has 3 aromatic rings. The van der Waals surface area contributed by atoms with E-state index in [1.54, 1.807) is 24.3 Å². The number of rotatable bonds is 9. The Morgan fingerprint density at radius 3 is 2.39 bits per heavy atom. The Morgan fingerprint density at radius 2 is 1.72 bits per heavy atom. The van der Waals surface area contributed by atoms with Crippen molar-refractivity contribution in [3.8, 4) is 22.8 Å². The first-order valence-corrected chi connectivity index (χ1v) is 13.8. The molecule has 0 spiro atoms. The van der Waals surface area contributed by atoms with Crippen molar-refractivity contribution in [2.24, 2.45) is 0 Å². The number of benzene rings is 2. The number of halogens is 3. The maximum atomic E-state index is 13.9. The minimum absolute atomic E-state index is 0.0292. The average molecular weight is 523 g/mol. The van der Waals surface area contributed by atoms with E-state index in [1.807, 2.05) is 12.1 Å². The highest BCUT2D eigenvalue weighted by atomic mass is 31.2. The molecule has 0 amide bonds. The van der Waals surface area contributed by atoms with Crippen LogP contribution in [0.1, 0.15) is 61.1 Å². The maximum absolute atomic E-state index is 13.9. The lowest BCUT2D eigenvalue weighted by Gasteiger charge is -2.25. The van der Waals surface area contributed by atoms with Gasteiger partial charge in [0.2, 0.25) is 5.82 Å². The Balaban J connectivity index is 1.44. The van der Waals surface area contributed by atoms with Crippen molar-refractivity contribution in [2.75, 3.05) is 12.7 Å². The Bertz CT molecular complexity index is 1200. The van der Waals surface area contributed by atoms with Gasteiger partial charge in [0.1, 0.15) is 0 Å². The summed E-state index contributed by atoms with van der Waals surface area (Å²) in [5.74, 6) is 0.222. The van der Waals surface area contributed by atoms with E-state index in [-0.39, 0.29) is 29.4 Å². The van der Waals surface area contributed by atoms with Gasteiger partial charge in [-0.25, -0.2) is 0 Å². The molecule has 0 bridgehead atoms. The van der Waals surface area contributed by atoms with Crippen LogP contribution in [0, 0.1) is 0 Å². The smallest absolute Gasteiger partial charge is 0.334 e. The van der Waals surface area contributed by atoms with Gasteiger partial charge >= 0.3 is 13.8 Å². The number of hydrogen-bond donors (Lipinski definition) is 3. The molecular formula is C25H29F3N3O4P. The van der Waals surface area contributed by atoms with Crippen molar-refractivity contribution in [3.63, 3.8) is 0 Å². The normalized spacial score (nSPS) is 15.4. The molecule has 1 aliphatic carbocycles. The van der Waals surface area contributed by atoms with Crippen molar-refractivity contribution < 1.29 is 32.0 Å². The van der Waals surface area contributed by atoms with Crippen LogP contribution in [0.2, 0.25) is 0 Å². The minimum atomic E-state index is -4.47. The second kappa shape index (κ2) is 11.3. The van der Waals surface area contributed by atoms with Crippen LogP contribution < -0.4 is 5.32 Å². The van der Waals surface area contributed by atoms with Crippen LogP contribution in [0.25, 0.3) is 22.8 Å². The van der Waals surface area contributed by atoms with Crippen molar-refractivity contribution in [3.05, 3.63) is 59.2 Å². The lowest BCUT2D eigenvalue weighted by molar-refractivity contribution is -0.138. The van der Waals surface area contributed by atoms with E-state index < -0.39 is 19.3 Å². The molecule has 0 saturated heterocycles. The molecular weight excluding hydrogens is 494 g/mol. The second-order valence-electron chi connectivity index (χ2n) is 9.17. The van der Waals surface area contributed by atoms with E-state index in [0.29, 0.717) is 30.6 Å². The number of aromatic nitrogens is 2. The molecule has 0 unspecified atom stereocenters. The van der Waals surface area contributed by atoms with Gasteiger partial charge < -0.3 is 19.6 Å². The zero-order valence-electron chi connectivity index (χ0n) is 19.7. The summed E-state index contributed by atoms with van der Waals surface area (Å²) in [5.41, 5.74) is 1.55. The van der Waals surface area contributed by atoms with Crippen LogP contribution >= 0.6 is 7.60 Å². The fourth-order valence-electron chi connectivity index (χ4n) is 4.58. The van der Waals surface area contributed by atoms with Gasteiger partial charge in [-0.05, 0) is 55.0 Å². The monoisotopic (exact) mass is 523 g/mol. The summed E-state index contributed by atoms with van der Waals surface area (Å²) in [6.07, 6.45) is 0.240. The third-order valence-electron chi connectivity index (χ3n) is 6.42. The van der Waals surface area contributed by atoms with Gasteiger partial charge in [-0.1, -0.05) is 54.8 Å². The van der Waals surface area contributed by atoms with Crippen LogP contribution in [0.3, 0.4) is 0 Å². The largest absolute Gasteiger partial charge is 0.416 e. The van der Waals surface area contributed by atoms with Crippen molar-refractivity contribution in [1.29, 1.82) is 0 Å². The molecule has 1 fully saturated rings. The first kappa shape index (κ1) is 26.5. The number of alkyl halides is 3. The van der Waals surface area contributed by atoms with Crippen LogP contribution in [-0.4, -0.2) is 32.6 Å². The van der Waals surface area contributed by atoms with Gasteiger partial charge in [0.15, 0.2) is 0 Å². The molecule has 0 aliphatic heterocycles. The molecule has 4 rings (SSSR count). The predicted molar refractivity (Wildman–Crippen MR) is 129 cm³/mol. The SMILES string of the molecule is O=P(O)(O)CCCNCc1ccc(-c2noc(-c3ccc(C4CCCCC4)c(C(F)(F)F)c3)n2)cc1. The maximum Gasteiger partial charge on any atom is 0.416 e. The third kappa shape index (κ3) is 7.03. The first-order valence-electron chi connectivity index (χ1n) is 12.0. The highest BCUT2D eigenvalue weighted by Crippen LogP contribution is 2.42. The molecule has 194 valence electrons. The summed E-state index contributed by atoms with van der Waals surface area (Å²) in [7, 11) is -3.98. The van der Waals surface area contributed by atoms with Crippen LogP contribution in [0.4, 0.5) is 13.2 Å². The molecule has 0 atom stereocenters. The quantitative estimate of drug-likeness (QED) is 0.229. The molecule has 3 N–H and O–H groups in total. The van der Waals surface area contributed by atoms with E-state index in [0.717, 1.165) is 43.7 Å². The summed E-state index contributed by atoms with van der Waals surface area (Å²) >= 11 is 0. The number of nitrogens with zero attached hydrogens (tertiary/aromatic N) is 2. The molecule has 1 aromatic heterocycles. The van der Waals surface area contributed by atoms with Crippen LogP contribution in [0.15, 0.2) is 47.0 Å². The average Bonchev–Trinajstić information content (AvgIpc) is 3.34. The molecule has 1 heterocycles. The Hall–Kier alpha value is -2.52. The molecule has 2 aromatic carbocycles. The van der Waals surface area contributed by atoms with Gasteiger partial charge in [0.05, 0.1) is 11.7 Å². The molecule has 36 heavy (non-hydrogen) atoms. The summed E-state index contributed by atoms with van der Waals surface area (Å²) in [6, 6.07) is 11.6. The molecule has 1 aliphatic rings. The third-order valence-corrected chi connectivity index (χ3v) is 7.32. The van der Waals surface area contributed by atoms with E-state index in [1.165, 1.54) is 0 Å². The molecule has 11 heteroatoms. The summed E-state index contributed by atoms with van der Waals surface area (Å²) in [5, 5.41) is 7.07. The fourth-order valence-corrected chi connectivity index (χ4v) is 5.15. The summed E-state index contributed by atoms with van der Waals surface area (Å²) in [4.78, 5) is 22.1. The zero-order valence-corrected chi connectivity index (χ0v) is 20.6. The minimum Gasteiger partial charge on any atom is -0.334 e. The topological polar surface area (TPSA) is 108 Å². The van der Waals surface area contributed by atoms with E-state index in [4.69, 9.17) is 14.3 Å². The van der Waals surface area contributed by atoms with Gasteiger partial charge in [-0.2, -0.15) is 18.2 Å². The zero-order chi connectivity index (χ0) is 25.8. The van der Waals surface area contributed by atoms with E-state index in [2.05, 4.69) is 15.5 Å². The Labute approximate surface area is 207 Å². The van der Waals surface area contributed by atoms with Crippen LogP contribution in [0.5, 0.6) is 0 Å². The molecule has 0 radical (unpaired) electrons. The number of nitrogens with one attached hydrogen (secondary N) is 1. The van der Waals surface area contributed by atoms with Crippen molar-refractivity contribution in [2.45, 2.75) is 57.2 Å². The van der Waals surface area contributed by atoms with Gasteiger partial charge in [0, 0.05) is 17.7 Å². The van der Waals surface area contributed by atoms with Crippen molar-refractivity contribution >= 4 is 7.60 Å². The summed E-state index contributed by atoms with van der Waals surface area (Å²) in [6.45, 7) is 0.993. The van der Waals surface area contributed by atoms with Gasteiger partial charge in [-0.3, -0.25) is 4.57 Å². The highest BCUT2D eigenvalue weighted by molar-refractivity contribution is 7.51. The van der Waals surface area contributed by atoms with Crippen molar-refractivity contribution in [1.82, 2.24) is 15.5 Å². The Morgan fingerprint density at radius 1 is 1.03 bits per heavy atom. The highest BCUT2D eigenvalue weighted by Gasteiger charge is 2.36. The van der Waals surface area contributed by atoms with Gasteiger partial charge in [0.25, 0.3) is 5.89 Å². The van der Waals surface area contributed by atoms with Gasteiger partial charge in [-0.15, -0.1) is 0 Å². The fraction of sp³-hybridized carbons (Fsp3) is 0.440. The lowest BCUT2D eigenvalue weighted by atomic mass is 9.81. The number of hydrogen-bond acceptors (Lipinski definition) is 5. The standard InChI is InChI=1S/C25H29F3N3O4P/c26-25(27,28)22-15-20(11-12-21(22)18-5-2-1-3-6-18)24-30-23(31-35-24)19-9-7-17(8-10-19)16-29-13-4-14-36(32,33)34/h7-12,15,18,29H,1-6,13-14,16H2,(H2,32,33,34). The Kier molecular flexibility index (Phi) is 8.30. The van der Waals surface area contributed by atoms with Crippen LogP contribution in [-0.2, 0) is 17.3 Å². The first-order chi connectivity index (χ1) is 17.1.